The number of rotatable bonds is 2. The number of nitrogens with zero attached hydrogens (tertiary/aromatic N) is 1. The Balaban J connectivity index is 2.05. The molecule has 2 aromatic rings. The highest BCUT2D eigenvalue weighted by atomic mass is 32.1. The summed E-state index contributed by atoms with van der Waals surface area (Å²) in [7, 11) is 1.93. The molecule has 0 amide bonds. The van der Waals surface area contributed by atoms with Crippen molar-refractivity contribution in [1.29, 1.82) is 0 Å². The second-order valence-electron chi connectivity index (χ2n) is 4.73. The number of phenols is 1. The summed E-state index contributed by atoms with van der Waals surface area (Å²) >= 11 is 1.55. The lowest BCUT2D eigenvalue weighted by atomic mass is 9.98. The minimum Gasteiger partial charge on any atom is -0.508 e. The van der Waals surface area contributed by atoms with E-state index in [4.69, 9.17) is 0 Å². The standard InChI is InChI=1S/C14H15FN2OS/c1-16-11-3-2-4-12-13(11)17-14(19-12)9-6-5-8(18)7-10(9)15/h5-7,11,16,18H,2-4H2,1H3. The molecule has 2 N–H and O–H groups in total. The van der Waals surface area contributed by atoms with Gasteiger partial charge in [-0.25, -0.2) is 9.37 Å². The van der Waals surface area contributed by atoms with Crippen LogP contribution in [0.5, 0.6) is 5.75 Å². The van der Waals surface area contributed by atoms with E-state index < -0.39 is 5.82 Å². The molecule has 19 heavy (non-hydrogen) atoms. The Hall–Kier alpha value is -1.46. The molecule has 1 atom stereocenters. The van der Waals surface area contributed by atoms with Crippen LogP contribution in [0.3, 0.4) is 0 Å². The summed E-state index contributed by atoms with van der Waals surface area (Å²) in [6, 6.07) is 4.48. The first-order chi connectivity index (χ1) is 9.19. The second kappa shape index (κ2) is 4.90. The van der Waals surface area contributed by atoms with Crippen molar-refractivity contribution in [2.45, 2.75) is 25.3 Å². The van der Waals surface area contributed by atoms with Gasteiger partial charge in [0.05, 0.1) is 11.7 Å². The van der Waals surface area contributed by atoms with Crippen molar-refractivity contribution in [2.75, 3.05) is 7.05 Å². The molecular formula is C14H15FN2OS. The van der Waals surface area contributed by atoms with E-state index in [1.807, 2.05) is 7.05 Å². The van der Waals surface area contributed by atoms with Gasteiger partial charge < -0.3 is 10.4 Å². The van der Waals surface area contributed by atoms with E-state index in [0.29, 0.717) is 10.6 Å². The number of halogens is 1. The average molecular weight is 278 g/mol. The maximum atomic E-state index is 13.9. The van der Waals surface area contributed by atoms with Crippen LogP contribution in [-0.2, 0) is 6.42 Å². The maximum Gasteiger partial charge on any atom is 0.137 e. The van der Waals surface area contributed by atoms with E-state index >= 15 is 0 Å². The summed E-state index contributed by atoms with van der Waals surface area (Å²) in [4.78, 5) is 5.84. The Morgan fingerprint density at radius 2 is 2.32 bits per heavy atom. The zero-order chi connectivity index (χ0) is 13.4. The van der Waals surface area contributed by atoms with Gasteiger partial charge in [0.15, 0.2) is 0 Å². The van der Waals surface area contributed by atoms with Crippen molar-refractivity contribution in [3.63, 3.8) is 0 Å². The Morgan fingerprint density at radius 3 is 3.05 bits per heavy atom. The minimum absolute atomic E-state index is 0.0596. The van der Waals surface area contributed by atoms with E-state index in [-0.39, 0.29) is 11.8 Å². The van der Waals surface area contributed by atoms with Gasteiger partial charge in [-0.05, 0) is 38.4 Å². The molecule has 1 aliphatic carbocycles. The number of aryl methyl sites for hydroxylation is 1. The molecule has 3 rings (SSSR count). The fraction of sp³-hybridized carbons (Fsp3) is 0.357. The molecule has 3 nitrogen and oxygen atoms in total. The van der Waals surface area contributed by atoms with Gasteiger partial charge in [-0.1, -0.05) is 0 Å². The fourth-order valence-electron chi connectivity index (χ4n) is 2.49. The van der Waals surface area contributed by atoms with Crippen LogP contribution in [0.15, 0.2) is 18.2 Å². The Labute approximate surface area is 115 Å². The number of phenolic OH excluding ortho intramolecular Hbond substituents is 1. The van der Waals surface area contributed by atoms with Gasteiger partial charge in [-0.3, -0.25) is 0 Å². The molecule has 100 valence electrons. The maximum absolute atomic E-state index is 13.9. The SMILES string of the molecule is CNC1CCCc2sc(-c3ccc(O)cc3F)nc21. The lowest BCUT2D eigenvalue weighted by molar-refractivity contribution is 0.469. The smallest absolute Gasteiger partial charge is 0.137 e. The van der Waals surface area contributed by atoms with E-state index in [1.54, 1.807) is 17.4 Å². The normalized spacial score (nSPS) is 18.3. The van der Waals surface area contributed by atoms with Gasteiger partial charge in [-0.2, -0.15) is 0 Å². The van der Waals surface area contributed by atoms with Gasteiger partial charge in [0.1, 0.15) is 16.6 Å². The molecular weight excluding hydrogens is 263 g/mol. The highest BCUT2D eigenvalue weighted by molar-refractivity contribution is 7.15. The lowest BCUT2D eigenvalue weighted by Gasteiger charge is -2.19. The summed E-state index contributed by atoms with van der Waals surface area (Å²) in [5, 5.41) is 13.2. The van der Waals surface area contributed by atoms with E-state index in [0.717, 1.165) is 31.0 Å². The highest BCUT2D eigenvalue weighted by Gasteiger charge is 2.24. The van der Waals surface area contributed by atoms with Gasteiger partial charge in [0.2, 0.25) is 0 Å². The molecule has 0 fully saturated rings. The van der Waals surface area contributed by atoms with Crippen LogP contribution >= 0.6 is 11.3 Å². The van der Waals surface area contributed by atoms with Crippen LogP contribution in [0.1, 0.15) is 29.5 Å². The quantitative estimate of drug-likeness (QED) is 0.886. The molecule has 0 saturated heterocycles. The van der Waals surface area contributed by atoms with Gasteiger partial charge in [0.25, 0.3) is 0 Å². The molecule has 1 aliphatic rings. The number of nitrogens with one attached hydrogen (secondary N) is 1. The Bertz CT molecular complexity index is 611. The molecule has 1 aromatic carbocycles. The molecule has 0 spiro atoms. The van der Waals surface area contributed by atoms with Gasteiger partial charge >= 0.3 is 0 Å². The molecule has 0 bridgehead atoms. The molecule has 1 aromatic heterocycles. The Kier molecular flexibility index (Phi) is 3.24. The summed E-state index contributed by atoms with van der Waals surface area (Å²) in [6.07, 6.45) is 3.23. The van der Waals surface area contributed by atoms with E-state index in [2.05, 4.69) is 10.3 Å². The van der Waals surface area contributed by atoms with Crippen molar-refractivity contribution in [3.8, 4) is 16.3 Å². The summed E-state index contributed by atoms with van der Waals surface area (Å²) < 4.78 is 13.9. The van der Waals surface area contributed by atoms with Crippen molar-refractivity contribution < 1.29 is 9.50 Å². The predicted octanol–water partition coefficient (Wildman–Crippen LogP) is 3.25. The zero-order valence-corrected chi connectivity index (χ0v) is 11.4. The molecule has 0 saturated carbocycles. The molecule has 5 heteroatoms. The first-order valence-electron chi connectivity index (χ1n) is 6.35. The largest absolute Gasteiger partial charge is 0.508 e. The molecule has 0 aliphatic heterocycles. The summed E-state index contributed by atoms with van der Waals surface area (Å²) in [6.45, 7) is 0. The van der Waals surface area contributed by atoms with Crippen molar-refractivity contribution in [2.24, 2.45) is 0 Å². The third-order valence-corrected chi connectivity index (χ3v) is 4.65. The predicted molar refractivity (Wildman–Crippen MR) is 73.9 cm³/mol. The van der Waals surface area contributed by atoms with Crippen LogP contribution in [0.4, 0.5) is 4.39 Å². The second-order valence-corrected chi connectivity index (χ2v) is 5.81. The number of thiazole rings is 1. The number of benzene rings is 1. The van der Waals surface area contributed by atoms with Crippen molar-refractivity contribution in [3.05, 3.63) is 34.6 Å². The van der Waals surface area contributed by atoms with Crippen LogP contribution < -0.4 is 5.32 Å². The van der Waals surface area contributed by atoms with Crippen LogP contribution in [0, 0.1) is 5.82 Å². The van der Waals surface area contributed by atoms with Crippen LogP contribution in [-0.4, -0.2) is 17.1 Å². The first kappa shape index (κ1) is 12.6. The topological polar surface area (TPSA) is 45.1 Å². The van der Waals surface area contributed by atoms with E-state index in [9.17, 15) is 9.50 Å². The summed E-state index contributed by atoms with van der Waals surface area (Å²) in [5.74, 6) is -0.484. The van der Waals surface area contributed by atoms with Crippen LogP contribution in [0.25, 0.3) is 10.6 Å². The number of aromatic nitrogens is 1. The number of hydrogen-bond acceptors (Lipinski definition) is 4. The average Bonchev–Trinajstić information content (AvgIpc) is 2.81. The third-order valence-electron chi connectivity index (χ3n) is 3.49. The highest BCUT2D eigenvalue weighted by Crippen LogP contribution is 2.38. The molecule has 1 unspecified atom stereocenters. The molecule has 0 radical (unpaired) electrons. The van der Waals surface area contributed by atoms with Crippen molar-refractivity contribution >= 4 is 11.3 Å². The minimum atomic E-state index is -0.424. The third kappa shape index (κ3) is 2.24. The lowest BCUT2D eigenvalue weighted by Crippen LogP contribution is -2.21. The Morgan fingerprint density at radius 1 is 1.47 bits per heavy atom. The van der Waals surface area contributed by atoms with E-state index in [1.165, 1.54) is 10.9 Å². The zero-order valence-electron chi connectivity index (χ0n) is 10.6. The fourth-order valence-corrected chi connectivity index (χ4v) is 3.68. The monoisotopic (exact) mass is 278 g/mol. The van der Waals surface area contributed by atoms with Gasteiger partial charge in [-0.15, -0.1) is 11.3 Å². The number of aromatic hydroxyl groups is 1. The first-order valence-corrected chi connectivity index (χ1v) is 7.16. The van der Waals surface area contributed by atoms with Gasteiger partial charge in [0, 0.05) is 16.5 Å². The molecule has 1 heterocycles. The number of fused-ring (bicyclic) bond motifs is 1. The van der Waals surface area contributed by atoms with Crippen molar-refractivity contribution in [1.82, 2.24) is 10.3 Å². The van der Waals surface area contributed by atoms with Crippen LogP contribution in [0.2, 0.25) is 0 Å². The number of hydrogen-bond donors (Lipinski definition) is 2. The summed E-state index contributed by atoms with van der Waals surface area (Å²) in [5.41, 5.74) is 1.52.